The molecule has 0 aliphatic rings. The Balaban J connectivity index is 3.06. The van der Waals surface area contributed by atoms with Crippen LogP contribution in [0.5, 0.6) is 0 Å². The first-order valence-electron chi connectivity index (χ1n) is 5.54. The van der Waals surface area contributed by atoms with Gasteiger partial charge in [0.1, 0.15) is 0 Å². The molecule has 0 aliphatic heterocycles. The summed E-state index contributed by atoms with van der Waals surface area (Å²) in [5.41, 5.74) is 0.900. The highest BCUT2D eigenvalue weighted by Crippen LogP contribution is 2.21. The van der Waals surface area contributed by atoms with Crippen molar-refractivity contribution in [2.45, 2.75) is 19.9 Å². The minimum Gasteiger partial charge on any atom is -0.478 e. The smallest absolute Gasteiger partial charge is 0.337 e. The van der Waals surface area contributed by atoms with Crippen molar-refractivity contribution in [3.63, 3.8) is 0 Å². The Bertz CT molecular complexity index is 382. The highest BCUT2D eigenvalue weighted by molar-refractivity contribution is 5.94. The largest absolute Gasteiger partial charge is 0.478 e. The molecule has 17 heavy (non-hydrogen) atoms. The average molecular weight is 238 g/mol. The molecule has 0 saturated heterocycles. The maximum Gasteiger partial charge on any atom is 0.337 e. The van der Waals surface area contributed by atoms with Crippen molar-refractivity contribution >= 4 is 11.7 Å². The molecule has 0 aromatic carbocycles. The summed E-state index contributed by atoms with van der Waals surface area (Å²) in [7, 11) is 1.63. The van der Waals surface area contributed by atoms with Gasteiger partial charge >= 0.3 is 5.97 Å². The van der Waals surface area contributed by atoms with Crippen LogP contribution in [0.25, 0.3) is 0 Å². The molecule has 0 fully saturated rings. The Kier molecular flexibility index (Phi) is 4.90. The number of aromatic nitrogens is 1. The first-order valence-corrected chi connectivity index (χ1v) is 5.54. The summed E-state index contributed by atoms with van der Waals surface area (Å²) in [6.45, 7) is 5.22. The molecule has 1 atom stereocenters. The van der Waals surface area contributed by atoms with E-state index < -0.39 is 5.97 Å². The molecular formula is C12H18N2O3. The first-order chi connectivity index (χ1) is 8.11. The zero-order valence-electron chi connectivity index (χ0n) is 10.4. The second kappa shape index (κ2) is 6.20. The number of hydrogen-bond acceptors (Lipinski definition) is 4. The molecule has 0 spiro atoms. The lowest BCUT2D eigenvalue weighted by Crippen LogP contribution is -2.37. The van der Waals surface area contributed by atoms with Crippen LogP contribution in [-0.4, -0.2) is 42.4 Å². The van der Waals surface area contributed by atoms with Crippen LogP contribution in [0.2, 0.25) is 0 Å². The molecule has 0 amide bonds. The van der Waals surface area contributed by atoms with Gasteiger partial charge in [-0.2, -0.15) is 0 Å². The van der Waals surface area contributed by atoms with Gasteiger partial charge in [-0.05, 0) is 19.9 Å². The van der Waals surface area contributed by atoms with Gasteiger partial charge in [-0.25, -0.2) is 4.79 Å². The third-order valence-electron chi connectivity index (χ3n) is 2.62. The molecule has 1 aromatic heterocycles. The number of carbonyl (C=O) groups is 1. The van der Waals surface area contributed by atoms with E-state index in [2.05, 4.69) is 4.98 Å². The van der Waals surface area contributed by atoms with Gasteiger partial charge in [0.25, 0.3) is 0 Å². The van der Waals surface area contributed by atoms with E-state index in [0.29, 0.717) is 18.8 Å². The predicted octanol–water partition coefficient (Wildman–Crippen LogP) is 1.64. The second-order valence-corrected chi connectivity index (χ2v) is 3.79. The Morgan fingerprint density at radius 1 is 1.65 bits per heavy atom. The molecule has 1 aromatic rings. The van der Waals surface area contributed by atoms with Crippen molar-refractivity contribution in [1.29, 1.82) is 0 Å². The Hall–Kier alpha value is -1.62. The molecule has 1 unspecified atom stereocenters. The fourth-order valence-electron chi connectivity index (χ4n) is 1.85. The standard InChI is InChI=1S/C12H18N2O3/c1-4-14(9(2)8-17-3)11-7-13-6-5-10(11)12(15)16/h5-7,9H,4,8H2,1-3H3,(H,15,16). The lowest BCUT2D eigenvalue weighted by Gasteiger charge is -2.30. The molecule has 94 valence electrons. The number of ether oxygens (including phenoxy) is 1. The number of anilines is 1. The molecule has 0 aliphatic carbocycles. The summed E-state index contributed by atoms with van der Waals surface area (Å²) in [6, 6.07) is 1.62. The number of carboxylic acids is 1. The van der Waals surface area contributed by atoms with Crippen molar-refractivity contribution in [3.05, 3.63) is 24.0 Å². The third kappa shape index (κ3) is 3.17. The van der Waals surface area contributed by atoms with E-state index in [1.807, 2.05) is 18.7 Å². The quantitative estimate of drug-likeness (QED) is 0.816. The number of carboxylic acid groups (broad SMARTS) is 1. The lowest BCUT2D eigenvalue weighted by molar-refractivity contribution is 0.0697. The third-order valence-corrected chi connectivity index (χ3v) is 2.62. The molecule has 1 rings (SSSR count). The average Bonchev–Trinajstić information content (AvgIpc) is 2.31. The highest BCUT2D eigenvalue weighted by Gasteiger charge is 2.19. The SMILES string of the molecule is CCN(c1cnccc1C(=O)O)C(C)COC. The zero-order valence-corrected chi connectivity index (χ0v) is 10.4. The number of rotatable bonds is 6. The Morgan fingerprint density at radius 3 is 2.88 bits per heavy atom. The van der Waals surface area contributed by atoms with Crippen LogP contribution in [0.15, 0.2) is 18.5 Å². The number of hydrogen-bond donors (Lipinski definition) is 1. The number of nitrogens with zero attached hydrogens (tertiary/aromatic N) is 2. The van der Waals surface area contributed by atoms with Crippen molar-refractivity contribution in [2.75, 3.05) is 25.2 Å². The minimum absolute atomic E-state index is 0.104. The van der Waals surface area contributed by atoms with Gasteiger partial charge in [-0.3, -0.25) is 4.98 Å². The molecule has 0 radical (unpaired) electrons. The molecule has 5 nitrogen and oxygen atoms in total. The van der Waals surface area contributed by atoms with E-state index in [1.54, 1.807) is 13.3 Å². The van der Waals surface area contributed by atoms with Gasteiger partial charge in [0.2, 0.25) is 0 Å². The number of aromatic carboxylic acids is 1. The Morgan fingerprint density at radius 2 is 2.35 bits per heavy atom. The summed E-state index contributed by atoms with van der Waals surface area (Å²) >= 11 is 0. The fourth-order valence-corrected chi connectivity index (χ4v) is 1.85. The maximum absolute atomic E-state index is 11.1. The van der Waals surface area contributed by atoms with Crippen LogP contribution >= 0.6 is 0 Å². The van der Waals surface area contributed by atoms with E-state index >= 15 is 0 Å². The molecule has 5 heteroatoms. The van der Waals surface area contributed by atoms with Gasteiger partial charge in [0.05, 0.1) is 24.1 Å². The normalized spacial score (nSPS) is 12.2. The van der Waals surface area contributed by atoms with Crippen molar-refractivity contribution in [2.24, 2.45) is 0 Å². The van der Waals surface area contributed by atoms with E-state index in [0.717, 1.165) is 0 Å². The highest BCUT2D eigenvalue weighted by atomic mass is 16.5. The zero-order chi connectivity index (χ0) is 12.8. The van der Waals surface area contributed by atoms with Gasteiger partial charge in [0, 0.05) is 25.9 Å². The fraction of sp³-hybridized carbons (Fsp3) is 0.500. The van der Waals surface area contributed by atoms with Crippen LogP contribution in [0.4, 0.5) is 5.69 Å². The summed E-state index contributed by atoms with van der Waals surface area (Å²) in [4.78, 5) is 17.1. The van der Waals surface area contributed by atoms with Gasteiger partial charge in [-0.15, -0.1) is 0 Å². The minimum atomic E-state index is -0.939. The number of likely N-dealkylation sites (N-methyl/N-ethyl adjacent to an activating group) is 1. The summed E-state index contributed by atoms with van der Waals surface area (Å²) in [5.74, 6) is -0.939. The van der Waals surface area contributed by atoms with E-state index in [9.17, 15) is 4.79 Å². The van der Waals surface area contributed by atoms with Crippen LogP contribution < -0.4 is 4.90 Å². The lowest BCUT2D eigenvalue weighted by atomic mass is 10.1. The van der Waals surface area contributed by atoms with Gasteiger partial charge in [-0.1, -0.05) is 0 Å². The second-order valence-electron chi connectivity index (χ2n) is 3.79. The maximum atomic E-state index is 11.1. The van der Waals surface area contributed by atoms with Crippen LogP contribution in [0, 0.1) is 0 Å². The molecule has 1 N–H and O–H groups in total. The van der Waals surface area contributed by atoms with Crippen molar-refractivity contribution < 1.29 is 14.6 Å². The molecule has 0 bridgehead atoms. The molecule has 0 saturated carbocycles. The summed E-state index contributed by atoms with van der Waals surface area (Å²) < 4.78 is 5.10. The molecule has 1 heterocycles. The van der Waals surface area contributed by atoms with Crippen LogP contribution in [0.3, 0.4) is 0 Å². The molecular weight excluding hydrogens is 220 g/mol. The monoisotopic (exact) mass is 238 g/mol. The van der Waals surface area contributed by atoms with E-state index in [4.69, 9.17) is 9.84 Å². The predicted molar refractivity (Wildman–Crippen MR) is 65.6 cm³/mol. The van der Waals surface area contributed by atoms with Crippen molar-refractivity contribution in [3.8, 4) is 0 Å². The van der Waals surface area contributed by atoms with Crippen molar-refractivity contribution in [1.82, 2.24) is 4.98 Å². The van der Waals surface area contributed by atoms with Crippen LogP contribution in [-0.2, 0) is 4.74 Å². The topological polar surface area (TPSA) is 62.7 Å². The van der Waals surface area contributed by atoms with Crippen LogP contribution in [0.1, 0.15) is 24.2 Å². The van der Waals surface area contributed by atoms with Gasteiger partial charge < -0.3 is 14.7 Å². The van der Waals surface area contributed by atoms with E-state index in [1.165, 1.54) is 12.3 Å². The first kappa shape index (κ1) is 13.4. The number of methoxy groups -OCH3 is 1. The summed E-state index contributed by atoms with van der Waals surface area (Å²) in [6.07, 6.45) is 3.07. The number of pyridine rings is 1. The summed E-state index contributed by atoms with van der Waals surface area (Å²) in [5, 5.41) is 9.14. The van der Waals surface area contributed by atoms with E-state index in [-0.39, 0.29) is 11.6 Å². The Labute approximate surface area is 101 Å². The van der Waals surface area contributed by atoms with Gasteiger partial charge in [0.15, 0.2) is 0 Å².